The summed E-state index contributed by atoms with van der Waals surface area (Å²) < 4.78 is 1.01. The number of nitrogens with zero attached hydrogens (tertiary/aromatic N) is 2. The Balaban J connectivity index is 1.87. The Kier molecular flexibility index (Phi) is 5.04. The molecular formula is C18H20BrN3O2. The van der Waals surface area contributed by atoms with Crippen molar-refractivity contribution in [3.63, 3.8) is 0 Å². The number of anilines is 2. The van der Waals surface area contributed by atoms with Gasteiger partial charge in [0.1, 0.15) is 5.69 Å². The van der Waals surface area contributed by atoms with Gasteiger partial charge in [0.25, 0.3) is 5.69 Å². The fraction of sp³-hybridized carbons (Fsp3) is 0.333. The zero-order chi connectivity index (χ0) is 17.1. The zero-order valence-electron chi connectivity index (χ0n) is 13.5. The van der Waals surface area contributed by atoms with Crippen molar-refractivity contribution in [1.29, 1.82) is 0 Å². The van der Waals surface area contributed by atoms with Gasteiger partial charge in [0.05, 0.1) is 4.92 Å². The number of halogens is 1. The van der Waals surface area contributed by atoms with Crippen LogP contribution in [0.4, 0.5) is 17.1 Å². The number of rotatable bonds is 5. The van der Waals surface area contributed by atoms with Crippen LogP contribution in [0.2, 0.25) is 0 Å². The van der Waals surface area contributed by atoms with E-state index in [1.54, 1.807) is 6.07 Å². The highest BCUT2D eigenvalue weighted by Gasteiger charge is 2.20. The molecule has 1 N–H and O–H groups in total. The summed E-state index contributed by atoms with van der Waals surface area (Å²) in [5.74, 6) is 0. The lowest BCUT2D eigenvalue weighted by Crippen LogP contribution is -2.18. The molecule has 6 heteroatoms. The molecule has 0 spiro atoms. The molecular weight excluding hydrogens is 370 g/mol. The topological polar surface area (TPSA) is 58.4 Å². The van der Waals surface area contributed by atoms with Gasteiger partial charge in [-0.15, -0.1) is 0 Å². The lowest BCUT2D eigenvalue weighted by molar-refractivity contribution is -0.384. The van der Waals surface area contributed by atoms with E-state index in [-0.39, 0.29) is 16.7 Å². The quantitative estimate of drug-likeness (QED) is 0.568. The van der Waals surface area contributed by atoms with Crippen molar-refractivity contribution in [2.75, 3.05) is 23.3 Å². The van der Waals surface area contributed by atoms with Crippen molar-refractivity contribution in [2.24, 2.45) is 0 Å². The van der Waals surface area contributed by atoms with Crippen LogP contribution in [0.3, 0.4) is 0 Å². The molecule has 2 aromatic rings. The summed E-state index contributed by atoms with van der Waals surface area (Å²) in [6.45, 7) is 4.04. The van der Waals surface area contributed by atoms with Crippen LogP contribution in [0, 0.1) is 10.1 Å². The average Bonchev–Trinajstić information content (AvgIpc) is 3.09. The van der Waals surface area contributed by atoms with Gasteiger partial charge in [-0.05, 0) is 49.6 Å². The van der Waals surface area contributed by atoms with Crippen LogP contribution in [0.25, 0.3) is 0 Å². The van der Waals surface area contributed by atoms with Gasteiger partial charge >= 0.3 is 0 Å². The molecule has 24 heavy (non-hydrogen) atoms. The predicted octanol–water partition coefficient (Wildman–Crippen LogP) is 5.13. The van der Waals surface area contributed by atoms with Gasteiger partial charge in [0.2, 0.25) is 0 Å². The van der Waals surface area contributed by atoms with Crippen molar-refractivity contribution < 1.29 is 4.92 Å². The molecule has 1 aliphatic heterocycles. The summed E-state index contributed by atoms with van der Waals surface area (Å²) in [6, 6.07) is 13.3. The maximum Gasteiger partial charge on any atom is 0.292 e. The molecule has 1 aliphatic rings. The first kappa shape index (κ1) is 16.8. The van der Waals surface area contributed by atoms with E-state index in [4.69, 9.17) is 0 Å². The van der Waals surface area contributed by atoms with Crippen LogP contribution in [0.15, 0.2) is 46.9 Å². The second-order valence-electron chi connectivity index (χ2n) is 6.07. The lowest BCUT2D eigenvalue weighted by Gasteiger charge is -2.21. The third kappa shape index (κ3) is 3.70. The maximum absolute atomic E-state index is 11.4. The second kappa shape index (κ2) is 7.21. The summed E-state index contributed by atoms with van der Waals surface area (Å²) in [5.41, 5.74) is 2.81. The molecule has 1 unspecified atom stereocenters. The average molecular weight is 390 g/mol. The largest absolute Gasteiger partial charge is 0.373 e. The first-order valence-electron chi connectivity index (χ1n) is 8.10. The van der Waals surface area contributed by atoms with Crippen LogP contribution in [-0.2, 0) is 0 Å². The minimum Gasteiger partial charge on any atom is -0.373 e. The van der Waals surface area contributed by atoms with Crippen LogP contribution in [0.5, 0.6) is 0 Å². The summed E-state index contributed by atoms with van der Waals surface area (Å²) in [7, 11) is 0. The highest BCUT2D eigenvalue weighted by molar-refractivity contribution is 9.10. The van der Waals surface area contributed by atoms with Gasteiger partial charge in [-0.25, -0.2) is 0 Å². The van der Waals surface area contributed by atoms with Gasteiger partial charge in [-0.1, -0.05) is 28.1 Å². The van der Waals surface area contributed by atoms with Gasteiger partial charge in [-0.3, -0.25) is 10.1 Å². The smallest absolute Gasteiger partial charge is 0.292 e. The Morgan fingerprint density at radius 2 is 1.83 bits per heavy atom. The van der Waals surface area contributed by atoms with Crippen LogP contribution in [-0.4, -0.2) is 18.0 Å². The van der Waals surface area contributed by atoms with E-state index >= 15 is 0 Å². The van der Waals surface area contributed by atoms with E-state index in [9.17, 15) is 10.1 Å². The zero-order valence-corrected chi connectivity index (χ0v) is 15.1. The number of hydrogen-bond acceptors (Lipinski definition) is 4. The Labute approximate surface area is 150 Å². The normalized spacial score (nSPS) is 15.3. The van der Waals surface area contributed by atoms with Gasteiger partial charge < -0.3 is 10.2 Å². The molecule has 0 aromatic heterocycles. The first-order valence-corrected chi connectivity index (χ1v) is 8.89. The Morgan fingerprint density at radius 1 is 1.17 bits per heavy atom. The molecule has 0 amide bonds. The van der Waals surface area contributed by atoms with E-state index in [0.717, 1.165) is 28.8 Å². The van der Waals surface area contributed by atoms with Crippen molar-refractivity contribution in [2.45, 2.75) is 25.8 Å². The molecule has 0 radical (unpaired) electrons. The Bertz CT molecular complexity index is 728. The summed E-state index contributed by atoms with van der Waals surface area (Å²) >= 11 is 3.42. The Morgan fingerprint density at radius 3 is 2.46 bits per heavy atom. The minimum atomic E-state index is -0.329. The van der Waals surface area contributed by atoms with Crippen molar-refractivity contribution in [3.8, 4) is 0 Å². The molecule has 3 rings (SSSR count). The summed E-state index contributed by atoms with van der Waals surface area (Å²) in [5, 5.41) is 14.7. The Hall–Kier alpha value is -2.08. The monoisotopic (exact) mass is 389 g/mol. The third-order valence-corrected chi connectivity index (χ3v) is 4.92. The lowest BCUT2D eigenvalue weighted by atomic mass is 10.1. The number of benzene rings is 2. The van der Waals surface area contributed by atoms with Gasteiger partial charge in [0, 0.05) is 35.4 Å². The highest BCUT2D eigenvalue weighted by atomic mass is 79.9. The molecule has 0 aliphatic carbocycles. The molecule has 1 atom stereocenters. The van der Waals surface area contributed by atoms with Crippen LogP contribution in [0.1, 0.15) is 31.4 Å². The molecule has 126 valence electrons. The number of nitro benzene ring substituents is 1. The highest BCUT2D eigenvalue weighted by Crippen LogP contribution is 2.33. The summed E-state index contributed by atoms with van der Waals surface area (Å²) in [4.78, 5) is 13.3. The van der Waals surface area contributed by atoms with E-state index < -0.39 is 0 Å². The molecule has 0 bridgehead atoms. The fourth-order valence-corrected chi connectivity index (χ4v) is 3.30. The van der Waals surface area contributed by atoms with E-state index in [1.807, 2.05) is 43.3 Å². The van der Waals surface area contributed by atoms with Crippen LogP contribution < -0.4 is 10.2 Å². The first-order chi connectivity index (χ1) is 11.5. The number of hydrogen-bond donors (Lipinski definition) is 1. The maximum atomic E-state index is 11.4. The van der Waals surface area contributed by atoms with Crippen molar-refractivity contribution >= 4 is 33.0 Å². The van der Waals surface area contributed by atoms with E-state index in [2.05, 4.69) is 26.1 Å². The minimum absolute atomic E-state index is 0.0226. The third-order valence-electron chi connectivity index (χ3n) is 4.39. The molecule has 1 saturated heterocycles. The number of nitrogens with one attached hydrogen (secondary N) is 1. The van der Waals surface area contributed by atoms with E-state index in [1.165, 1.54) is 12.8 Å². The second-order valence-corrected chi connectivity index (χ2v) is 6.99. The van der Waals surface area contributed by atoms with E-state index in [0.29, 0.717) is 5.69 Å². The molecule has 1 fully saturated rings. The standard InChI is InChI=1S/C18H20BrN3O2/c1-13(14-4-6-15(19)7-5-14)20-17-12-16(21-10-2-3-11-21)8-9-18(17)22(23)24/h4-9,12-13,20H,2-3,10-11H2,1H3. The fourth-order valence-electron chi connectivity index (χ4n) is 3.04. The summed E-state index contributed by atoms with van der Waals surface area (Å²) in [6.07, 6.45) is 2.35. The van der Waals surface area contributed by atoms with Gasteiger partial charge in [0.15, 0.2) is 0 Å². The van der Waals surface area contributed by atoms with Crippen molar-refractivity contribution in [3.05, 3.63) is 62.6 Å². The van der Waals surface area contributed by atoms with Crippen LogP contribution >= 0.6 is 15.9 Å². The molecule has 5 nitrogen and oxygen atoms in total. The van der Waals surface area contributed by atoms with Crippen molar-refractivity contribution in [1.82, 2.24) is 0 Å². The molecule has 1 heterocycles. The molecule has 2 aromatic carbocycles. The molecule has 0 saturated carbocycles. The predicted molar refractivity (Wildman–Crippen MR) is 101 cm³/mol. The number of nitro groups is 1. The SMILES string of the molecule is CC(Nc1cc(N2CCCC2)ccc1[N+](=O)[O-])c1ccc(Br)cc1. The van der Waals surface area contributed by atoms with Gasteiger partial charge in [-0.2, -0.15) is 0 Å².